The molecular formula is C38H32IN2+. The molecule has 8 rings (SSSR count). The number of benzene rings is 5. The summed E-state index contributed by atoms with van der Waals surface area (Å²) in [5, 5.41) is 9.42. The van der Waals surface area contributed by atoms with Crippen LogP contribution in [0.25, 0.3) is 70.9 Å². The Morgan fingerprint density at radius 3 is 2.29 bits per heavy atom. The van der Waals surface area contributed by atoms with Gasteiger partial charge in [0.15, 0.2) is 6.20 Å². The van der Waals surface area contributed by atoms with Gasteiger partial charge in [-0.05, 0) is 70.8 Å². The van der Waals surface area contributed by atoms with Crippen LogP contribution in [0, 0.1) is 13.8 Å². The number of hydrogen-bond donors (Lipinski definition) is 0. The molecule has 3 heteroatoms. The van der Waals surface area contributed by atoms with Gasteiger partial charge in [-0.25, -0.2) is 4.57 Å². The molecule has 2 nitrogen and oxygen atoms in total. The van der Waals surface area contributed by atoms with Gasteiger partial charge in [0.05, 0.1) is 27.3 Å². The van der Waals surface area contributed by atoms with Gasteiger partial charge in [-0.15, -0.1) is 0 Å². The van der Waals surface area contributed by atoms with Crippen molar-refractivity contribution in [3.8, 4) is 11.1 Å². The van der Waals surface area contributed by atoms with E-state index in [0.717, 1.165) is 6.42 Å². The normalized spacial score (nSPS) is 12.7. The number of halogens is 1. The monoisotopic (exact) mass is 643 g/mol. The first-order chi connectivity index (χ1) is 19.7. The third kappa shape index (κ3) is 3.51. The zero-order valence-corrected chi connectivity index (χ0v) is 26.3. The predicted molar refractivity (Wildman–Crippen MR) is 184 cm³/mol. The van der Waals surface area contributed by atoms with Gasteiger partial charge in [-0.2, -0.15) is 0 Å². The van der Waals surface area contributed by atoms with Gasteiger partial charge < -0.3 is 4.40 Å². The highest BCUT2D eigenvalue weighted by molar-refractivity contribution is 14.1. The van der Waals surface area contributed by atoms with Crippen LogP contribution in [0.3, 0.4) is 0 Å². The maximum atomic E-state index is 2.64. The zero-order chi connectivity index (χ0) is 28.2. The van der Waals surface area contributed by atoms with Gasteiger partial charge in [-0.1, -0.05) is 109 Å². The Balaban J connectivity index is 1.78. The number of para-hydroxylation sites is 1. The van der Waals surface area contributed by atoms with Crippen molar-refractivity contribution in [3.63, 3.8) is 0 Å². The molecular weight excluding hydrogens is 611 g/mol. The molecule has 41 heavy (non-hydrogen) atoms. The summed E-state index contributed by atoms with van der Waals surface area (Å²) in [6, 6.07) is 31.7. The van der Waals surface area contributed by atoms with Crippen molar-refractivity contribution in [2.45, 2.75) is 37.5 Å². The molecule has 0 amide bonds. The SMILES string of the molecule is Cc1ccc2c(CC(C)(C)I)c3c(c(C)c2c1)c1c2c(cc[n+]1C)cc(-c1ccccc1)c1c4ccccc4n3c12. The molecule has 200 valence electrons. The van der Waals surface area contributed by atoms with Crippen LogP contribution < -0.4 is 4.57 Å². The molecule has 0 saturated heterocycles. The van der Waals surface area contributed by atoms with Crippen molar-refractivity contribution in [3.05, 3.63) is 108 Å². The lowest BCUT2D eigenvalue weighted by molar-refractivity contribution is -0.643. The molecule has 5 aromatic carbocycles. The number of pyridine rings is 2. The highest BCUT2D eigenvalue weighted by atomic mass is 127. The number of nitrogens with zero attached hydrogens (tertiary/aromatic N) is 2. The van der Waals surface area contributed by atoms with E-state index in [2.05, 4.69) is 157 Å². The van der Waals surface area contributed by atoms with Gasteiger partial charge in [0.2, 0.25) is 5.52 Å². The average Bonchev–Trinajstić information content (AvgIpc) is 3.30. The van der Waals surface area contributed by atoms with Crippen LogP contribution in [-0.2, 0) is 13.5 Å². The fourth-order valence-corrected chi connectivity index (χ4v) is 7.73. The van der Waals surface area contributed by atoms with Crippen LogP contribution in [0.1, 0.15) is 30.5 Å². The standard InChI is InChI=1S/C38H32IN2/c1-22-15-16-26-28(19-22)23(2)32-35(30(26)21-38(3,4)39)41-31-14-10-9-13-27(31)34-29(24-11-7-6-8-12-24)20-25-17-18-40(5)36(32)33(25)37(34)41/h6-20H,21H2,1-5H3/q+1. The van der Waals surface area contributed by atoms with Crippen molar-refractivity contribution in [2.24, 2.45) is 7.05 Å². The molecule has 3 heterocycles. The second-order valence-corrected chi connectivity index (χ2v) is 15.3. The molecule has 0 atom stereocenters. The number of rotatable bonds is 3. The Bertz CT molecular complexity index is 2340. The summed E-state index contributed by atoms with van der Waals surface area (Å²) in [6.45, 7) is 9.26. The first-order valence-electron chi connectivity index (χ1n) is 14.4. The molecule has 8 aromatic rings. The van der Waals surface area contributed by atoms with Crippen LogP contribution in [0.2, 0.25) is 0 Å². The number of alkyl halides is 1. The van der Waals surface area contributed by atoms with E-state index in [4.69, 9.17) is 0 Å². The smallest absolute Gasteiger partial charge is 0.224 e. The molecule has 0 radical (unpaired) electrons. The second-order valence-electron chi connectivity index (χ2n) is 12.4. The molecule has 0 aliphatic rings. The van der Waals surface area contributed by atoms with Crippen LogP contribution in [0.5, 0.6) is 0 Å². The van der Waals surface area contributed by atoms with E-state index in [1.54, 1.807) is 0 Å². The van der Waals surface area contributed by atoms with Crippen molar-refractivity contribution >= 4 is 82.4 Å². The molecule has 0 unspecified atom stereocenters. The summed E-state index contributed by atoms with van der Waals surface area (Å²) in [5.74, 6) is 0. The Kier molecular flexibility index (Phi) is 5.29. The maximum absolute atomic E-state index is 2.64. The van der Waals surface area contributed by atoms with E-state index in [1.165, 1.54) is 87.6 Å². The summed E-state index contributed by atoms with van der Waals surface area (Å²) in [6.07, 6.45) is 3.24. The van der Waals surface area contributed by atoms with E-state index in [-0.39, 0.29) is 3.42 Å². The third-order valence-corrected chi connectivity index (χ3v) is 9.36. The summed E-state index contributed by atoms with van der Waals surface area (Å²) in [5.41, 5.74) is 12.0. The first kappa shape index (κ1) is 25.0. The highest BCUT2D eigenvalue weighted by Crippen LogP contribution is 2.48. The summed E-state index contributed by atoms with van der Waals surface area (Å²) in [4.78, 5) is 0. The molecule has 0 saturated carbocycles. The second kappa shape index (κ2) is 8.65. The quantitative estimate of drug-likeness (QED) is 0.0596. The van der Waals surface area contributed by atoms with Crippen LogP contribution in [0.4, 0.5) is 0 Å². The first-order valence-corrected chi connectivity index (χ1v) is 15.5. The fraction of sp³-hybridized carbons (Fsp3) is 0.184. The van der Waals surface area contributed by atoms with Gasteiger partial charge in [0, 0.05) is 20.3 Å². The van der Waals surface area contributed by atoms with Gasteiger partial charge in [-0.3, -0.25) is 0 Å². The molecule has 3 aromatic heterocycles. The minimum absolute atomic E-state index is 0.0983. The van der Waals surface area contributed by atoms with Crippen molar-refractivity contribution in [1.82, 2.24) is 4.40 Å². The average molecular weight is 644 g/mol. The van der Waals surface area contributed by atoms with Crippen LogP contribution in [0.15, 0.2) is 91.1 Å². The fourth-order valence-electron chi connectivity index (χ4n) is 7.35. The Hall–Kier alpha value is -3.70. The Morgan fingerprint density at radius 2 is 1.51 bits per heavy atom. The van der Waals surface area contributed by atoms with E-state index in [0.29, 0.717) is 0 Å². The third-order valence-electron chi connectivity index (χ3n) is 8.98. The zero-order valence-electron chi connectivity index (χ0n) is 24.1. The lowest BCUT2D eigenvalue weighted by Crippen LogP contribution is -2.29. The molecule has 0 fully saturated rings. The Morgan fingerprint density at radius 1 is 0.756 bits per heavy atom. The van der Waals surface area contributed by atoms with Crippen molar-refractivity contribution in [2.75, 3.05) is 0 Å². The lowest BCUT2D eigenvalue weighted by atomic mass is 9.87. The molecule has 0 spiro atoms. The predicted octanol–water partition coefficient (Wildman–Crippen LogP) is 10.0. The summed E-state index contributed by atoms with van der Waals surface area (Å²) < 4.78 is 5.09. The maximum Gasteiger partial charge on any atom is 0.224 e. The topological polar surface area (TPSA) is 8.29 Å². The van der Waals surface area contributed by atoms with E-state index < -0.39 is 0 Å². The highest BCUT2D eigenvalue weighted by Gasteiger charge is 2.30. The minimum Gasteiger partial charge on any atom is -0.307 e. The van der Waals surface area contributed by atoms with Gasteiger partial charge >= 0.3 is 0 Å². The molecule has 0 aliphatic heterocycles. The van der Waals surface area contributed by atoms with Gasteiger partial charge in [0.1, 0.15) is 7.05 Å². The van der Waals surface area contributed by atoms with Crippen molar-refractivity contribution < 1.29 is 4.57 Å². The van der Waals surface area contributed by atoms with Crippen molar-refractivity contribution in [1.29, 1.82) is 0 Å². The molecule has 0 aliphatic carbocycles. The van der Waals surface area contributed by atoms with Gasteiger partial charge in [0.25, 0.3) is 0 Å². The number of aryl methyl sites for hydroxylation is 3. The minimum atomic E-state index is 0.0983. The number of aromatic nitrogens is 2. The number of hydrogen-bond acceptors (Lipinski definition) is 0. The molecule has 0 bridgehead atoms. The summed E-state index contributed by atoms with van der Waals surface area (Å²) >= 11 is 2.64. The summed E-state index contributed by atoms with van der Waals surface area (Å²) in [7, 11) is 2.22. The van der Waals surface area contributed by atoms with E-state index >= 15 is 0 Å². The van der Waals surface area contributed by atoms with E-state index in [1.807, 2.05) is 0 Å². The lowest BCUT2D eigenvalue weighted by Gasteiger charge is -2.23. The number of fused-ring (bicyclic) bond motifs is 7. The van der Waals surface area contributed by atoms with Crippen LogP contribution >= 0.6 is 22.6 Å². The van der Waals surface area contributed by atoms with Crippen LogP contribution in [-0.4, -0.2) is 7.82 Å². The largest absolute Gasteiger partial charge is 0.307 e. The Labute approximate surface area is 253 Å². The molecule has 0 N–H and O–H groups in total. The van der Waals surface area contributed by atoms with E-state index in [9.17, 15) is 0 Å².